The van der Waals surface area contributed by atoms with E-state index in [-0.39, 0.29) is 17.6 Å². The van der Waals surface area contributed by atoms with Crippen LogP contribution in [0.1, 0.15) is 41.8 Å². The molecule has 1 atom stereocenters. The van der Waals surface area contributed by atoms with E-state index in [0.29, 0.717) is 42.4 Å². The van der Waals surface area contributed by atoms with Gasteiger partial charge in [-0.3, -0.25) is 14.5 Å². The van der Waals surface area contributed by atoms with Crippen molar-refractivity contribution >= 4 is 34.7 Å². The summed E-state index contributed by atoms with van der Waals surface area (Å²) in [6.45, 7) is 2.52. The first-order chi connectivity index (χ1) is 13.0. The summed E-state index contributed by atoms with van der Waals surface area (Å²) >= 11 is 7.20. The number of alkyl halides is 1. The lowest BCUT2D eigenvalue weighted by Crippen LogP contribution is -2.38. The second-order valence-electron chi connectivity index (χ2n) is 6.51. The summed E-state index contributed by atoms with van der Waals surface area (Å²) in [7, 11) is 0. The summed E-state index contributed by atoms with van der Waals surface area (Å²) in [4.78, 5) is 27.2. The van der Waals surface area contributed by atoms with Gasteiger partial charge in [-0.15, -0.1) is 22.9 Å². The molecule has 0 saturated carbocycles. The Morgan fingerprint density at radius 2 is 2.15 bits per heavy atom. The summed E-state index contributed by atoms with van der Waals surface area (Å²) in [6.07, 6.45) is 1.61. The third kappa shape index (κ3) is 4.75. The molecule has 2 aromatic rings. The number of thiophene rings is 1. The van der Waals surface area contributed by atoms with Gasteiger partial charge in [-0.1, -0.05) is 18.2 Å². The number of fused-ring (bicyclic) bond motifs is 1. The molecule has 4 nitrogen and oxygen atoms in total. The van der Waals surface area contributed by atoms with Gasteiger partial charge >= 0.3 is 5.97 Å². The topological polar surface area (TPSA) is 46.6 Å². The quantitative estimate of drug-likeness (QED) is 0.499. The summed E-state index contributed by atoms with van der Waals surface area (Å²) in [5.74, 6) is -0.361. The van der Waals surface area contributed by atoms with Crippen LogP contribution in [-0.4, -0.2) is 29.1 Å². The molecule has 0 spiro atoms. The number of esters is 1. The third-order valence-corrected chi connectivity index (χ3v) is 5.93. The van der Waals surface area contributed by atoms with E-state index in [2.05, 4.69) is 0 Å². The maximum absolute atomic E-state index is 14.5. The van der Waals surface area contributed by atoms with Gasteiger partial charge in [0, 0.05) is 42.8 Å². The lowest BCUT2D eigenvalue weighted by atomic mass is 9.95. The van der Waals surface area contributed by atoms with Crippen LogP contribution in [0.15, 0.2) is 30.3 Å². The molecule has 7 heteroatoms. The van der Waals surface area contributed by atoms with Gasteiger partial charge in [-0.25, -0.2) is 4.39 Å². The largest absolute Gasteiger partial charge is 0.416 e. The zero-order valence-electron chi connectivity index (χ0n) is 15.0. The second-order valence-corrected chi connectivity index (χ2v) is 7.99. The Labute approximate surface area is 166 Å². The van der Waals surface area contributed by atoms with Crippen LogP contribution in [0.4, 0.5) is 4.39 Å². The fourth-order valence-corrected chi connectivity index (χ4v) is 4.57. The minimum atomic E-state index is -0.639. The Balaban J connectivity index is 1.87. The molecule has 1 aromatic carbocycles. The smallest absolute Gasteiger partial charge is 0.308 e. The molecule has 0 unspecified atom stereocenters. The van der Waals surface area contributed by atoms with E-state index >= 15 is 0 Å². The maximum atomic E-state index is 14.5. The predicted octanol–water partition coefficient (Wildman–Crippen LogP) is 4.50. The number of ketones is 1. The number of carbonyl (C=O) groups excluding carboxylic acids is 2. The number of rotatable bonds is 7. The first-order valence-electron chi connectivity index (χ1n) is 8.86. The fraction of sp³-hybridized carbons (Fsp3) is 0.400. The molecule has 2 heterocycles. The number of Topliss-reactive ketones (excluding diaryl/α,β-unsaturated/α-hetero) is 1. The number of carbonyl (C=O) groups is 2. The van der Waals surface area contributed by atoms with E-state index in [0.717, 1.165) is 16.9 Å². The van der Waals surface area contributed by atoms with Crippen molar-refractivity contribution in [1.82, 2.24) is 4.90 Å². The first kappa shape index (κ1) is 20.0. The van der Waals surface area contributed by atoms with E-state index in [1.165, 1.54) is 24.3 Å². The molecule has 1 aliphatic rings. The second kappa shape index (κ2) is 8.95. The molecular formula is C20H21ClFNO3S. The van der Waals surface area contributed by atoms with Gasteiger partial charge in [0.25, 0.3) is 0 Å². The number of nitrogens with zero attached hydrogens (tertiary/aromatic N) is 1. The molecule has 27 heavy (non-hydrogen) atoms. The van der Waals surface area contributed by atoms with Crippen LogP contribution in [0.2, 0.25) is 0 Å². The Kier molecular flexibility index (Phi) is 6.63. The summed E-state index contributed by atoms with van der Waals surface area (Å²) in [6, 6.07) is 7.63. The average molecular weight is 410 g/mol. The zero-order valence-corrected chi connectivity index (χ0v) is 16.6. The molecule has 0 aliphatic carbocycles. The molecule has 0 saturated heterocycles. The van der Waals surface area contributed by atoms with Crippen molar-refractivity contribution in [2.45, 2.75) is 38.8 Å². The number of ether oxygens (including phenoxy) is 1. The van der Waals surface area contributed by atoms with Gasteiger partial charge in [-0.05, 0) is 30.5 Å². The minimum absolute atomic E-state index is 0.0281. The highest BCUT2D eigenvalue weighted by atomic mass is 35.5. The van der Waals surface area contributed by atoms with Crippen LogP contribution in [0.3, 0.4) is 0 Å². The SMILES string of the molecule is CC(=O)Oc1cc2c(s1)CCN([C@@H](C(=O)CCCCl)c1ccccc1F)C2. The maximum Gasteiger partial charge on any atom is 0.308 e. The summed E-state index contributed by atoms with van der Waals surface area (Å²) in [5.41, 5.74) is 1.42. The van der Waals surface area contributed by atoms with Crippen molar-refractivity contribution in [3.63, 3.8) is 0 Å². The molecule has 0 amide bonds. The Bertz CT molecular complexity index is 838. The van der Waals surface area contributed by atoms with E-state index < -0.39 is 6.04 Å². The van der Waals surface area contributed by atoms with Crippen molar-refractivity contribution in [1.29, 1.82) is 0 Å². The molecular weight excluding hydrogens is 389 g/mol. The van der Waals surface area contributed by atoms with E-state index in [4.69, 9.17) is 16.3 Å². The van der Waals surface area contributed by atoms with Crippen LogP contribution in [0.5, 0.6) is 5.06 Å². The lowest BCUT2D eigenvalue weighted by molar-refractivity contribution is -0.131. The minimum Gasteiger partial charge on any atom is -0.416 e. The fourth-order valence-electron chi connectivity index (χ4n) is 3.39. The third-order valence-electron chi connectivity index (χ3n) is 4.54. The van der Waals surface area contributed by atoms with E-state index in [9.17, 15) is 14.0 Å². The van der Waals surface area contributed by atoms with Crippen molar-refractivity contribution < 1.29 is 18.7 Å². The lowest BCUT2D eigenvalue weighted by Gasteiger charge is -2.34. The van der Waals surface area contributed by atoms with Gasteiger partial charge < -0.3 is 4.74 Å². The molecule has 3 rings (SSSR count). The van der Waals surface area contributed by atoms with E-state index in [1.807, 2.05) is 11.0 Å². The number of hydrogen-bond donors (Lipinski definition) is 0. The van der Waals surface area contributed by atoms with E-state index in [1.54, 1.807) is 18.2 Å². The van der Waals surface area contributed by atoms with Crippen molar-refractivity contribution in [3.8, 4) is 5.06 Å². The molecule has 0 bridgehead atoms. The molecule has 0 fully saturated rings. The van der Waals surface area contributed by atoms with Crippen molar-refractivity contribution in [2.75, 3.05) is 12.4 Å². The molecule has 1 aliphatic heterocycles. The Morgan fingerprint density at radius 3 is 2.85 bits per heavy atom. The monoisotopic (exact) mass is 409 g/mol. The zero-order chi connectivity index (χ0) is 19.4. The predicted molar refractivity (Wildman–Crippen MR) is 104 cm³/mol. The van der Waals surface area contributed by atoms with Gasteiger partial charge in [-0.2, -0.15) is 0 Å². The summed E-state index contributed by atoms with van der Waals surface area (Å²) in [5, 5.41) is 0.560. The normalized spacial score (nSPS) is 15.2. The van der Waals surface area contributed by atoms with Crippen LogP contribution in [0, 0.1) is 5.82 Å². The van der Waals surface area contributed by atoms with Gasteiger partial charge in [0.2, 0.25) is 0 Å². The van der Waals surface area contributed by atoms with Gasteiger partial charge in [0.15, 0.2) is 10.8 Å². The Hall–Kier alpha value is -1.76. The Morgan fingerprint density at radius 1 is 1.37 bits per heavy atom. The van der Waals surface area contributed by atoms with Crippen LogP contribution < -0.4 is 4.74 Å². The highest BCUT2D eigenvalue weighted by Crippen LogP contribution is 2.37. The highest BCUT2D eigenvalue weighted by Gasteiger charge is 2.32. The van der Waals surface area contributed by atoms with Crippen molar-refractivity contribution in [3.05, 3.63) is 52.2 Å². The van der Waals surface area contributed by atoms with Crippen LogP contribution >= 0.6 is 22.9 Å². The van der Waals surface area contributed by atoms with Crippen LogP contribution in [-0.2, 0) is 22.6 Å². The van der Waals surface area contributed by atoms with Crippen LogP contribution in [0.25, 0.3) is 0 Å². The molecule has 1 aromatic heterocycles. The van der Waals surface area contributed by atoms with Gasteiger partial charge in [0.1, 0.15) is 5.82 Å². The molecule has 0 N–H and O–H groups in total. The number of hydrogen-bond acceptors (Lipinski definition) is 5. The van der Waals surface area contributed by atoms with Crippen molar-refractivity contribution in [2.24, 2.45) is 0 Å². The number of halogens is 2. The molecule has 144 valence electrons. The van der Waals surface area contributed by atoms with Gasteiger partial charge in [0.05, 0.1) is 6.04 Å². The molecule has 0 radical (unpaired) electrons. The average Bonchev–Trinajstić information content (AvgIpc) is 3.02. The number of benzene rings is 1. The highest BCUT2D eigenvalue weighted by molar-refractivity contribution is 7.14. The summed E-state index contributed by atoms with van der Waals surface area (Å²) < 4.78 is 19.6. The standard InChI is InChI=1S/C20H21ClFNO3S/c1-13(24)26-19-11-14-12-23(10-8-18(14)27-19)20(17(25)7-4-9-21)15-5-2-3-6-16(15)22/h2-3,5-6,11,20H,4,7-10,12H2,1H3/t20-/m1/s1. The first-order valence-corrected chi connectivity index (χ1v) is 10.2.